The molecule has 0 N–H and O–H groups in total. The number of rotatable bonds is 8. The van der Waals surface area contributed by atoms with E-state index in [-0.39, 0.29) is 11.6 Å². The summed E-state index contributed by atoms with van der Waals surface area (Å²) in [5, 5.41) is 0. The average Bonchev–Trinajstić information content (AvgIpc) is 2.79. The van der Waals surface area contributed by atoms with E-state index >= 15 is 0 Å². The van der Waals surface area contributed by atoms with E-state index in [9.17, 15) is 4.39 Å². The maximum atomic E-state index is 13.8. The Morgan fingerprint density at radius 3 is 2.86 bits per heavy atom. The largest absolute Gasteiger partial charge is 0.494 e. The minimum atomic E-state index is -0.380. The average molecular weight is 331 g/mol. The van der Waals surface area contributed by atoms with Crippen molar-refractivity contribution in [1.82, 2.24) is 9.55 Å². The minimum Gasteiger partial charge on any atom is -0.494 e. The number of hydrogen-bond donors (Lipinski definition) is 0. The molecular weight excluding hydrogens is 311 g/mol. The van der Waals surface area contributed by atoms with Crippen molar-refractivity contribution in [3.63, 3.8) is 0 Å². The standard InChI is InChI=1S/C15H20ClFN2OS/c1-20-14-10-13-12(9-11(14)17)18-15(5-6-16)19(13)7-3-4-8-21-2/h9-10H,3-8H2,1-2H3. The fourth-order valence-electron chi connectivity index (χ4n) is 2.37. The van der Waals surface area contributed by atoms with E-state index in [4.69, 9.17) is 16.3 Å². The summed E-state index contributed by atoms with van der Waals surface area (Å²) in [7, 11) is 1.48. The van der Waals surface area contributed by atoms with Crippen molar-refractivity contribution in [3.8, 4) is 5.75 Å². The molecule has 1 heterocycles. The van der Waals surface area contributed by atoms with Gasteiger partial charge in [-0.1, -0.05) is 0 Å². The molecule has 0 saturated carbocycles. The van der Waals surface area contributed by atoms with Crippen molar-refractivity contribution in [1.29, 1.82) is 0 Å². The zero-order valence-electron chi connectivity index (χ0n) is 12.4. The molecule has 0 aliphatic heterocycles. The molecule has 116 valence electrons. The van der Waals surface area contributed by atoms with Gasteiger partial charge in [-0.25, -0.2) is 9.37 Å². The number of hydrogen-bond acceptors (Lipinski definition) is 3. The van der Waals surface area contributed by atoms with E-state index in [0.29, 0.717) is 17.8 Å². The molecule has 21 heavy (non-hydrogen) atoms. The summed E-state index contributed by atoms with van der Waals surface area (Å²) in [4.78, 5) is 4.52. The second-order valence-corrected chi connectivity index (χ2v) is 6.16. The molecule has 0 atom stereocenters. The number of fused-ring (bicyclic) bond motifs is 1. The van der Waals surface area contributed by atoms with Gasteiger partial charge in [0, 0.05) is 31.0 Å². The van der Waals surface area contributed by atoms with Crippen molar-refractivity contribution in [2.45, 2.75) is 25.8 Å². The van der Waals surface area contributed by atoms with Crippen LogP contribution in [0.15, 0.2) is 12.1 Å². The molecule has 0 amide bonds. The number of imidazole rings is 1. The first-order valence-corrected chi connectivity index (χ1v) is 8.91. The number of alkyl halides is 1. The predicted molar refractivity (Wildman–Crippen MR) is 88.3 cm³/mol. The summed E-state index contributed by atoms with van der Waals surface area (Å²) in [6.07, 6.45) is 5.02. The molecule has 0 aliphatic rings. The molecule has 3 nitrogen and oxygen atoms in total. The second-order valence-electron chi connectivity index (χ2n) is 4.79. The lowest BCUT2D eigenvalue weighted by Gasteiger charge is -2.09. The number of nitrogens with zero attached hydrogens (tertiary/aromatic N) is 2. The molecular formula is C15H20ClFN2OS. The van der Waals surface area contributed by atoms with Gasteiger partial charge in [0.05, 0.1) is 18.1 Å². The van der Waals surface area contributed by atoms with E-state index < -0.39 is 0 Å². The first-order chi connectivity index (χ1) is 10.2. The Morgan fingerprint density at radius 1 is 1.38 bits per heavy atom. The summed E-state index contributed by atoms with van der Waals surface area (Å²) in [5.41, 5.74) is 1.58. The fourth-order valence-corrected chi connectivity index (χ4v) is 3.04. The predicted octanol–water partition coefficient (Wildman–Crippen LogP) is 4.11. The number of thioether (sulfide) groups is 1. The summed E-state index contributed by atoms with van der Waals surface area (Å²) in [6, 6.07) is 3.16. The van der Waals surface area contributed by atoms with Gasteiger partial charge in [0.1, 0.15) is 5.82 Å². The summed E-state index contributed by atoms with van der Waals surface area (Å²) in [6.45, 7) is 0.873. The van der Waals surface area contributed by atoms with Gasteiger partial charge in [-0.2, -0.15) is 11.8 Å². The maximum absolute atomic E-state index is 13.8. The quantitative estimate of drug-likeness (QED) is 0.538. The Bertz CT molecular complexity index is 603. The van der Waals surface area contributed by atoms with E-state index in [1.807, 2.05) is 11.8 Å². The zero-order valence-corrected chi connectivity index (χ0v) is 13.9. The molecule has 0 spiro atoms. The Kier molecular flexibility index (Phi) is 6.18. The number of unbranched alkanes of at least 4 members (excludes halogenated alkanes) is 1. The SMILES string of the molecule is COc1cc2c(cc1F)nc(CCCl)n2CCCCSC. The summed E-state index contributed by atoms with van der Waals surface area (Å²) >= 11 is 7.70. The van der Waals surface area contributed by atoms with Gasteiger partial charge in [0.2, 0.25) is 0 Å². The van der Waals surface area contributed by atoms with Crippen LogP contribution in [0.1, 0.15) is 18.7 Å². The van der Waals surface area contributed by atoms with Gasteiger partial charge in [-0.05, 0) is 24.9 Å². The highest BCUT2D eigenvalue weighted by molar-refractivity contribution is 7.98. The topological polar surface area (TPSA) is 27.1 Å². The normalized spacial score (nSPS) is 11.2. The molecule has 0 saturated heterocycles. The van der Waals surface area contributed by atoms with Gasteiger partial charge in [0.25, 0.3) is 0 Å². The monoisotopic (exact) mass is 330 g/mol. The van der Waals surface area contributed by atoms with Crippen LogP contribution in [0.25, 0.3) is 11.0 Å². The van der Waals surface area contributed by atoms with Crippen LogP contribution >= 0.6 is 23.4 Å². The van der Waals surface area contributed by atoms with Gasteiger partial charge in [-0.3, -0.25) is 0 Å². The third-order valence-electron chi connectivity index (χ3n) is 3.40. The minimum absolute atomic E-state index is 0.255. The van der Waals surface area contributed by atoms with Gasteiger partial charge in [0.15, 0.2) is 11.6 Å². The van der Waals surface area contributed by atoms with Crippen LogP contribution in [0.3, 0.4) is 0 Å². The summed E-state index contributed by atoms with van der Waals surface area (Å²) in [5.74, 6) is 2.44. The number of halogens is 2. The van der Waals surface area contributed by atoms with Crippen molar-refractivity contribution in [3.05, 3.63) is 23.8 Å². The van der Waals surface area contributed by atoms with E-state index in [1.165, 1.54) is 13.2 Å². The Morgan fingerprint density at radius 2 is 2.19 bits per heavy atom. The number of aromatic nitrogens is 2. The van der Waals surface area contributed by atoms with Crippen LogP contribution in [0.5, 0.6) is 5.75 Å². The molecule has 0 fully saturated rings. The van der Waals surface area contributed by atoms with E-state index in [0.717, 1.165) is 36.5 Å². The van der Waals surface area contributed by atoms with Crippen LogP contribution in [0, 0.1) is 5.82 Å². The van der Waals surface area contributed by atoms with Crippen molar-refractivity contribution in [2.24, 2.45) is 0 Å². The van der Waals surface area contributed by atoms with Crippen molar-refractivity contribution in [2.75, 3.05) is 25.0 Å². The lowest BCUT2D eigenvalue weighted by atomic mass is 10.2. The van der Waals surface area contributed by atoms with Crippen LogP contribution in [0.4, 0.5) is 4.39 Å². The lowest BCUT2D eigenvalue weighted by molar-refractivity contribution is 0.387. The number of benzene rings is 1. The fraction of sp³-hybridized carbons (Fsp3) is 0.533. The third kappa shape index (κ3) is 3.83. The highest BCUT2D eigenvalue weighted by Crippen LogP contribution is 2.26. The number of methoxy groups -OCH3 is 1. The third-order valence-corrected chi connectivity index (χ3v) is 4.29. The molecule has 0 unspecified atom stereocenters. The molecule has 0 radical (unpaired) electrons. The molecule has 2 rings (SSSR count). The maximum Gasteiger partial charge on any atom is 0.167 e. The highest BCUT2D eigenvalue weighted by Gasteiger charge is 2.14. The van der Waals surface area contributed by atoms with Crippen molar-refractivity contribution < 1.29 is 9.13 Å². The van der Waals surface area contributed by atoms with Crippen LogP contribution in [-0.4, -0.2) is 34.5 Å². The van der Waals surface area contributed by atoms with E-state index in [2.05, 4.69) is 15.8 Å². The van der Waals surface area contributed by atoms with Crippen LogP contribution < -0.4 is 4.74 Å². The van der Waals surface area contributed by atoms with E-state index in [1.54, 1.807) is 6.07 Å². The Labute approximate surface area is 133 Å². The van der Waals surface area contributed by atoms with Crippen LogP contribution in [0.2, 0.25) is 0 Å². The molecule has 6 heteroatoms. The number of aryl methyl sites for hydroxylation is 2. The van der Waals surface area contributed by atoms with Crippen LogP contribution in [-0.2, 0) is 13.0 Å². The molecule has 1 aromatic heterocycles. The zero-order chi connectivity index (χ0) is 15.2. The molecule has 0 bridgehead atoms. The van der Waals surface area contributed by atoms with Gasteiger partial charge >= 0.3 is 0 Å². The number of ether oxygens (including phenoxy) is 1. The smallest absolute Gasteiger partial charge is 0.167 e. The second kappa shape index (κ2) is 7.90. The Hall–Kier alpha value is -0.940. The summed E-state index contributed by atoms with van der Waals surface area (Å²) < 4.78 is 21.0. The molecule has 2 aromatic rings. The van der Waals surface area contributed by atoms with Gasteiger partial charge in [-0.15, -0.1) is 11.6 Å². The van der Waals surface area contributed by atoms with Gasteiger partial charge < -0.3 is 9.30 Å². The lowest BCUT2D eigenvalue weighted by Crippen LogP contribution is -2.05. The molecule has 0 aliphatic carbocycles. The Balaban J connectivity index is 2.35. The highest BCUT2D eigenvalue weighted by atomic mass is 35.5. The first kappa shape index (κ1) is 16.4. The van der Waals surface area contributed by atoms with Crippen molar-refractivity contribution >= 4 is 34.4 Å². The first-order valence-electron chi connectivity index (χ1n) is 6.98. The molecule has 1 aromatic carbocycles.